The lowest BCUT2D eigenvalue weighted by Gasteiger charge is -2.05. The molecule has 17 heavy (non-hydrogen) atoms. The second kappa shape index (κ2) is 4.80. The van der Waals surface area contributed by atoms with Crippen LogP contribution in [-0.4, -0.2) is 22.2 Å². The quantitative estimate of drug-likeness (QED) is 0.838. The maximum atomic E-state index is 9.21. The molecular formula is C12H13N3O2. The molecule has 0 atom stereocenters. The van der Waals surface area contributed by atoms with Crippen molar-refractivity contribution in [3.05, 3.63) is 36.0 Å². The van der Waals surface area contributed by atoms with Gasteiger partial charge in [0.15, 0.2) is 5.82 Å². The Morgan fingerprint density at radius 2 is 1.94 bits per heavy atom. The second-order valence-electron chi connectivity index (χ2n) is 3.59. The van der Waals surface area contributed by atoms with E-state index in [1.54, 1.807) is 37.4 Å². The van der Waals surface area contributed by atoms with Crippen molar-refractivity contribution in [1.82, 2.24) is 9.97 Å². The van der Waals surface area contributed by atoms with Crippen LogP contribution in [0, 0.1) is 0 Å². The van der Waals surface area contributed by atoms with Crippen LogP contribution in [-0.2, 0) is 11.3 Å². The molecule has 1 aromatic heterocycles. The number of anilines is 1. The minimum Gasteiger partial charge on any atom is -0.508 e. The first kappa shape index (κ1) is 11.3. The molecule has 0 radical (unpaired) electrons. The topological polar surface area (TPSA) is 81.3 Å². The fourth-order valence-corrected chi connectivity index (χ4v) is 1.48. The summed E-state index contributed by atoms with van der Waals surface area (Å²) in [7, 11) is 1.60. The van der Waals surface area contributed by atoms with Gasteiger partial charge in [0.05, 0.1) is 12.3 Å². The van der Waals surface area contributed by atoms with E-state index in [4.69, 9.17) is 10.5 Å². The van der Waals surface area contributed by atoms with Crippen LogP contribution in [0.25, 0.3) is 11.4 Å². The van der Waals surface area contributed by atoms with Crippen molar-refractivity contribution in [3.63, 3.8) is 0 Å². The molecule has 88 valence electrons. The Balaban J connectivity index is 2.40. The highest BCUT2D eigenvalue weighted by Crippen LogP contribution is 2.19. The summed E-state index contributed by atoms with van der Waals surface area (Å²) in [6.45, 7) is 0.387. The first-order valence-electron chi connectivity index (χ1n) is 5.11. The van der Waals surface area contributed by atoms with Gasteiger partial charge in [-0.25, -0.2) is 9.97 Å². The normalized spacial score (nSPS) is 10.4. The Morgan fingerprint density at radius 3 is 2.59 bits per heavy atom. The summed E-state index contributed by atoms with van der Waals surface area (Å²) in [6.07, 6.45) is 0. The summed E-state index contributed by atoms with van der Waals surface area (Å²) in [5, 5.41) is 9.21. The van der Waals surface area contributed by atoms with Crippen molar-refractivity contribution in [2.45, 2.75) is 6.61 Å². The lowest BCUT2D eigenvalue weighted by atomic mass is 10.2. The zero-order chi connectivity index (χ0) is 12.3. The zero-order valence-electron chi connectivity index (χ0n) is 9.42. The molecule has 1 aromatic carbocycles. The molecule has 1 heterocycles. The van der Waals surface area contributed by atoms with E-state index in [2.05, 4.69) is 9.97 Å². The van der Waals surface area contributed by atoms with Gasteiger partial charge in [-0.15, -0.1) is 0 Å². The average molecular weight is 231 g/mol. The number of benzene rings is 1. The van der Waals surface area contributed by atoms with E-state index in [0.717, 1.165) is 11.3 Å². The maximum absolute atomic E-state index is 9.21. The van der Waals surface area contributed by atoms with E-state index in [1.807, 2.05) is 0 Å². The van der Waals surface area contributed by atoms with Crippen LogP contribution in [0.3, 0.4) is 0 Å². The van der Waals surface area contributed by atoms with Gasteiger partial charge in [0, 0.05) is 18.7 Å². The van der Waals surface area contributed by atoms with Gasteiger partial charge in [0.25, 0.3) is 0 Å². The van der Waals surface area contributed by atoms with E-state index in [1.165, 1.54) is 0 Å². The third-order valence-corrected chi connectivity index (χ3v) is 2.22. The molecule has 0 saturated heterocycles. The third kappa shape index (κ3) is 2.70. The van der Waals surface area contributed by atoms with Gasteiger partial charge >= 0.3 is 0 Å². The fraction of sp³-hybridized carbons (Fsp3) is 0.167. The molecule has 5 heteroatoms. The van der Waals surface area contributed by atoms with Gasteiger partial charge in [-0.05, 0) is 24.3 Å². The van der Waals surface area contributed by atoms with Crippen LogP contribution >= 0.6 is 0 Å². The van der Waals surface area contributed by atoms with Gasteiger partial charge in [0.1, 0.15) is 11.6 Å². The van der Waals surface area contributed by atoms with E-state index in [0.29, 0.717) is 18.2 Å². The summed E-state index contributed by atoms with van der Waals surface area (Å²) in [5.41, 5.74) is 7.22. The third-order valence-electron chi connectivity index (χ3n) is 2.22. The number of phenols is 1. The number of ether oxygens (including phenoxy) is 1. The second-order valence-corrected chi connectivity index (χ2v) is 3.59. The predicted molar refractivity (Wildman–Crippen MR) is 64.3 cm³/mol. The van der Waals surface area contributed by atoms with Crippen molar-refractivity contribution in [3.8, 4) is 17.1 Å². The summed E-state index contributed by atoms with van der Waals surface area (Å²) < 4.78 is 5.01. The molecule has 2 rings (SSSR count). The summed E-state index contributed by atoms with van der Waals surface area (Å²) in [4.78, 5) is 8.47. The van der Waals surface area contributed by atoms with Crippen molar-refractivity contribution >= 4 is 5.82 Å². The molecule has 0 aliphatic heterocycles. The van der Waals surface area contributed by atoms with Crippen LogP contribution in [0.2, 0.25) is 0 Å². The van der Waals surface area contributed by atoms with Gasteiger partial charge in [-0.1, -0.05) is 0 Å². The van der Waals surface area contributed by atoms with Crippen molar-refractivity contribution < 1.29 is 9.84 Å². The van der Waals surface area contributed by atoms with Crippen molar-refractivity contribution in [1.29, 1.82) is 0 Å². The smallest absolute Gasteiger partial charge is 0.161 e. The molecule has 0 amide bonds. The number of phenolic OH excluding ortho intramolecular Hbond substituents is 1. The standard InChI is InChI=1S/C12H13N3O2/c1-17-7-9-6-11(13)15-12(14-9)8-2-4-10(16)5-3-8/h2-6,16H,7H2,1H3,(H2,13,14,15). The van der Waals surface area contributed by atoms with Gasteiger partial charge in [-0.2, -0.15) is 0 Å². The number of methoxy groups -OCH3 is 1. The highest BCUT2D eigenvalue weighted by molar-refractivity contribution is 5.58. The number of nitrogens with two attached hydrogens (primary N) is 1. The fourth-order valence-electron chi connectivity index (χ4n) is 1.48. The van der Waals surface area contributed by atoms with E-state index in [9.17, 15) is 5.11 Å². The monoisotopic (exact) mass is 231 g/mol. The Hall–Kier alpha value is -2.14. The number of aromatic nitrogens is 2. The number of nitrogen functional groups attached to an aromatic ring is 1. The molecule has 0 bridgehead atoms. The largest absolute Gasteiger partial charge is 0.508 e. The van der Waals surface area contributed by atoms with Crippen LogP contribution in [0.5, 0.6) is 5.75 Å². The predicted octanol–water partition coefficient (Wildman–Crippen LogP) is 1.58. The first-order chi connectivity index (χ1) is 8.19. The Bertz CT molecular complexity index is 512. The average Bonchev–Trinajstić information content (AvgIpc) is 2.29. The molecule has 0 aliphatic carbocycles. The number of hydrogen-bond donors (Lipinski definition) is 2. The number of rotatable bonds is 3. The van der Waals surface area contributed by atoms with Gasteiger partial charge < -0.3 is 15.6 Å². The van der Waals surface area contributed by atoms with E-state index in [-0.39, 0.29) is 5.75 Å². The minimum atomic E-state index is 0.203. The van der Waals surface area contributed by atoms with Crippen LogP contribution < -0.4 is 5.73 Å². The lowest BCUT2D eigenvalue weighted by Crippen LogP contribution is -2.01. The Labute approximate surface area is 98.9 Å². The molecule has 2 aromatic rings. The van der Waals surface area contributed by atoms with Crippen molar-refractivity contribution in [2.75, 3.05) is 12.8 Å². The highest BCUT2D eigenvalue weighted by Gasteiger charge is 2.05. The molecule has 0 unspecified atom stereocenters. The molecule has 0 aliphatic rings. The summed E-state index contributed by atoms with van der Waals surface area (Å²) in [6, 6.07) is 8.31. The zero-order valence-corrected chi connectivity index (χ0v) is 9.42. The number of aromatic hydroxyl groups is 1. The Kier molecular flexibility index (Phi) is 3.20. The SMILES string of the molecule is COCc1cc(N)nc(-c2ccc(O)cc2)n1. The Morgan fingerprint density at radius 1 is 1.24 bits per heavy atom. The molecular weight excluding hydrogens is 218 g/mol. The summed E-state index contributed by atoms with van der Waals surface area (Å²) in [5.74, 6) is 1.13. The number of hydrogen-bond acceptors (Lipinski definition) is 5. The van der Waals surface area contributed by atoms with Gasteiger partial charge in [0.2, 0.25) is 0 Å². The van der Waals surface area contributed by atoms with Gasteiger partial charge in [-0.3, -0.25) is 0 Å². The molecule has 5 nitrogen and oxygen atoms in total. The van der Waals surface area contributed by atoms with E-state index >= 15 is 0 Å². The van der Waals surface area contributed by atoms with Crippen LogP contribution in [0.15, 0.2) is 30.3 Å². The lowest BCUT2D eigenvalue weighted by molar-refractivity contribution is 0.181. The minimum absolute atomic E-state index is 0.203. The maximum Gasteiger partial charge on any atom is 0.161 e. The summed E-state index contributed by atoms with van der Waals surface area (Å²) >= 11 is 0. The van der Waals surface area contributed by atoms with E-state index < -0.39 is 0 Å². The van der Waals surface area contributed by atoms with Crippen molar-refractivity contribution in [2.24, 2.45) is 0 Å². The first-order valence-corrected chi connectivity index (χ1v) is 5.11. The molecule has 3 N–H and O–H groups in total. The number of nitrogens with zero attached hydrogens (tertiary/aromatic N) is 2. The molecule has 0 spiro atoms. The highest BCUT2D eigenvalue weighted by atomic mass is 16.5. The molecule has 0 saturated carbocycles. The van der Waals surface area contributed by atoms with Crippen LogP contribution in [0.4, 0.5) is 5.82 Å². The molecule has 0 fully saturated rings. The van der Waals surface area contributed by atoms with Crippen LogP contribution in [0.1, 0.15) is 5.69 Å².